The van der Waals surface area contributed by atoms with Crippen LogP contribution in [0.3, 0.4) is 0 Å². The van der Waals surface area contributed by atoms with E-state index >= 15 is 0 Å². The lowest BCUT2D eigenvalue weighted by atomic mass is 10.2. The molecule has 82 valence electrons. The van der Waals surface area contributed by atoms with Gasteiger partial charge in [-0.25, -0.2) is 9.18 Å². The normalized spacial score (nSPS) is 12.2. The second kappa shape index (κ2) is 4.75. The molecule has 0 radical (unpaired) electrons. The molecule has 0 saturated carbocycles. The summed E-state index contributed by atoms with van der Waals surface area (Å²) in [6, 6.07) is 3.44. The number of ether oxygens (including phenoxy) is 1. The predicted octanol–water partition coefficient (Wildman–Crippen LogP) is 0.946. The number of anilines is 1. The molecule has 1 rings (SSSR count). The molecule has 5 heteroatoms. The Balaban J connectivity index is 2.73. The van der Waals surface area contributed by atoms with Crippen molar-refractivity contribution in [2.75, 3.05) is 12.3 Å². The van der Waals surface area contributed by atoms with Gasteiger partial charge in [0.25, 0.3) is 0 Å². The van der Waals surface area contributed by atoms with Gasteiger partial charge >= 0.3 is 5.97 Å². The molecule has 15 heavy (non-hydrogen) atoms. The molecular formula is C10H12FNO3. The lowest BCUT2D eigenvalue weighted by Crippen LogP contribution is -2.15. The maximum atomic E-state index is 12.9. The van der Waals surface area contributed by atoms with Crippen molar-refractivity contribution in [3.63, 3.8) is 0 Å². The molecule has 0 heterocycles. The van der Waals surface area contributed by atoms with E-state index in [1.54, 1.807) is 0 Å². The third-order valence-electron chi connectivity index (χ3n) is 1.61. The monoisotopic (exact) mass is 213 g/mol. The number of aliphatic hydroxyl groups is 1. The number of carbonyl (C=O) groups excluding carboxylic acids is 1. The zero-order chi connectivity index (χ0) is 11.4. The van der Waals surface area contributed by atoms with E-state index < -0.39 is 17.9 Å². The van der Waals surface area contributed by atoms with Crippen LogP contribution in [-0.2, 0) is 4.74 Å². The minimum absolute atomic E-state index is 0.0353. The standard InChI is InChI=1S/C10H12FNO3/c1-6(13)5-15-10(14)7-2-8(11)4-9(12)3-7/h2-4,6,13H,5,12H2,1H3. The molecule has 1 aromatic rings. The Morgan fingerprint density at radius 2 is 2.27 bits per heavy atom. The van der Waals surface area contributed by atoms with Crippen LogP contribution in [0.25, 0.3) is 0 Å². The summed E-state index contributed by atoms with van der Waals surface area (Å²) in [6.07, 6.45) is -0.750. The Morgan fingerprint density at radius 3 is 2.80 bits per heavy atom. The molecule has 0 spiro atoms. The highest BCUT2D eigenvalue weighted by Crippen LogP contribution is 2.11. The van der Waals surface area contributed by atoms with Crippen LogP contribution in [0.1, 0.15) is 17.3 Å². The van der Waals surface area contributed by atoms with Gasteiger partial charge in [-0.1, -0.05) is 0 Å². The summed E-state index contributed by atoms with van der Waals surface area (Å²) >= 11 is 0. The summed E-state index contributed by atoms with van der Waals surface area (Å²) in [5.74, 6) is -1.30. The number of aliphatic hydroxyl groups excluding tert-OH is 1. The first-order valence-electron chi connectivity index (χ1n) is 4.40. The fraction of sp³-hybridized carbons (Fsp3) is 0.300. The number of nitrogen functional groups attached to an aromatic ring is 1. The van der Waals surface area contributed by atoms with Gasteiger partial charge in [-0.05, 0) is 25.1 Å². The van der Waals surface area contributed by atoms with Crippen molar-refractivity contribution >= 4 is 11.7 Å². The molecule has 0 aliphatic carbocycles. The number of benzene rings is 1. The minimum atomic E-state index is -0.750. The maximum absolute atomic E-state index is 12.9. The van der Waals surface area contributed by atoms with Crippen molar-refractivity contribution in [3.8, 4) is 0 Å². The number of halogens is 1. The Kier molecular flexibility index (Phi) is 3.62. The number of nitrogens with two attached hydrogens (primary N) is 1. The molecule has 1 atom stereocenters. The van der Waals surface area contributed by atoms with Crippen LogP contribution < -0.4 is 5.73 Å². The first kappa shape index (κ1) is 11.5. The number of hydrogen-bond donors (Lipinski definition) is 2. The van der Waals surface area contributed by atoms with E-state index in [4.69, 9.17) is 10.8 Å². The van der Waals surface area contributed by atoms with Crippen molar-refractivity contribution < 1.29 is 19.0 Å². The van der Waals surface area contributed by atoms with E-state index in [1.807, 2.05) is 0 Å². The predicted molar refractivity (Wildman–Crippen MR) is 52.8 cm³/mol. The molecule has 3 N–H and O–H groups in total. The van der Waals surface area contributed by atoms with Gasteiger partial charge in [0.2, 0.25) is 0 Å². The molecule has 0 amide bonds. The lowest BCUT2D eigenvalue weighted by Gasteiger charge is -2.07. The van der Waals surface area contributed by atoms with E-state index in [9.17, 15) is 9.18 Å². The summed E-state index contributed by atoms with van der Waals surface area (Å²) in [7, 11) is 0. The van der Waals surface area contributed by atoms with Crippen molar-refractivity contribution in [1.82, 2.24) is 0 Å². The summed E-state index contributed by atoms with van der Waals surface area (Å²) in [5.41, 5.74) is 5.54. The summed E-state index contributed by atoms with van der Waals surface area (Å²) < 4.78 is 17.5. The van der Waals surface area contributed by atoms with Gasteiger partial charge in [0, 0.05) is 5.69 Å². The van der Waals surface area contributed by atoms with Crippen LogP contribution in [0.15, 0.2) is 18.2 Å². The molecule has 4 nitrogen and oxygen atoms in total. The number of esters is 1. The van der Waals surface area contributed by atoms with Gasteiger partial charge in [-0.3, -0.25) is 0 Å². The van der Waals surface area contributed by atoms with Gasteiger partial charge in [0.1, 0.15) is 12.4 Å². The minimum Gasteiger partial charge on any atom is -0.459 e. The third-order valence-corrected chi connectivity index (χ3v) is 1.61. The Hall–Kier alpha value is -1.62. The van der Waals surface area contributed by atoms with Gasteiger partial charge in [0.15, 0.2) is 0 Å². The van der Waals surface area contributed by atoms with Gasteiger partial charge in [-0.15, -0.1) is 0 Å². The van der Waals surface area contributed by atoms with Crippen LogP contribution in [0.4, 0.5) is 10.1 Å². The molecule has 0 aliphatic heterocycles. The zero-order valence-electron chi connectivity index (χ0n) is 8.24. The largest absolute Gasteiger partial charge is 0.459 e. The Labute approximate surface area is 86.5 Å². The van der Waals surface area contributed by atoms with Crippen molar-refractivity contribution in [1.29, 1.82) is 0 Å². The Morgan fingerprint density at radius 1 is 1.60 bits per heavy atom. The molecule has 0 aromatic heterocycles. The van der Waals surface area contributed by atoms with Crippen LogP contribution in [0.2, 0.25) is 0 Å². The molecule has 1 unspecified atom stereocenters. The highest BCUT2D eigenvalue weighted by molar-refractivity contribution is 5.90. The van der Waals surface area contributed by atoms with Crippen molar-refractivity contribution in [2.24, 2.45) is 0 Å². The van der Waals surface area contributed by atoms with E-state index in [1.165, 1.54) is 13.0 Å². The molecule has 1 aromatic carbocycles. The van der Waals surface area contributed by atoms with Crippen LogP contribution in [0.5, 0.6) is 0 Å². The van der Waals surface area contributed by atoms with E-state index in [0.717, 1.165) is 12.1 Å². The van der Waals surface area contributed by atoms with E-state index in [-0.39, 0.29) is 17.9 Å². The van der Waals surface area contributed by atoms with Gasteiger partial charge in [-0.2, -0.15) is 0 Å². The first-order valence-corrected chi connectivity index (χ1v) is 4.40. The van der Waals surface area contributed by atoms with E-state index in [0.29, 0.717) is 0 Å². The van der Waals surface area contributed by atoms with E-state index in [2.05, 4.69) is 4.74 Å². The SMILES string of the molecule is CC(O)COC(=O)c1cc(N)cc(F)c1. The highest BCUT2D eigenvalue weighted by Gasteiger charge is 2.10. The number of rotatable bonds is 3. The average Bonchev–Trinajstić information content (AvgIpc) is 2.12. The zero-order valence-corrected chi connectivity index (χ0v) is 8.24. The lowest BCUT2D eigenvalue weighted by molar-refractivity contribution is 0.0296. The van der Waals surface area contributed by atoms with Crippen LogP contribution in [0, 0.1) is 5.82 Å². The summed E-state index contributed by atoms with van der Waals surface area (Å²) in [6.45, 7) is 1.35. The van der Waals surface area contributed by atoms with Gasteiger partial charge in [0.05, 0.1) is 11.7 Å². The third kappa shape index (κ3) is 3.55. The van der Waals surface area contributed by atoms with Gasteiger partial charge < -0.3 is 15.6 Å². The second-order valence-corrected chi connectivity index (χ2v) is 3.22. The summed E-state index contributed by atoms with van der Waals surface area (Å²) in [5, 5.41) is 8.88. The van der Waals surface area contributed by atoms with Crippen LogP contribution in [-0.4, -0.2) is 23.8 Å². The molecule has 0 fully saturated rings. The molecule has 0 saturated heterocycles. The van der Waals surface area contributed by atoms with Crippen molar-refractivity contribution in [2.45, 2.75) is 13.0 Å². The fourth-order valence-corrected chi connectivity index (χ4v) is 1.01. The maximum Gasteiger partial charge on any atom is 0.338 e. The van der Waals surface area contributed by atoms with Crippen LogP contribution >= 0.6 is 0 Å². The number of hydrogen-bond acceptors (Lipinski definition) is 4. The summed E-state index contributed by atoms with van der Waals surface area (Å²) in [4.78, 5) is 11.3. The topological polar surface area (TPSA) is 72.5 Å². The van der Waals surface area contributed by atoms with Crippen molar-refractivity contribution in [3.05, 3.63) is 29.6 Å². The highest BCUT2D eigenvalue weighted by atomic mass is 19.1. The average molecular weight is 213 g/mol. The Bertz CT molecular complexity index is 345. The molecule has 0 bridgehead atoms. The molecule has 0 aliphatic rings. The molecular weight excluding hydrogens is 201 g/mol. The number of carbonyl (C=O) groups is 1. The first-order chi connectivity index (χ1) is 6.99. The fourth-order valence-electron chi connectivity index (χ4n) is 1.01. The quantitative estimate of drug-likeness (QED) is 0.579. The smallest absolute Gasteiger partial charge is 0.338 e. The second-order valence-electron chi connectivity index (χ2n) is 3.22.